The number of carbonyl (C=O) groups is 2. The van der Waals surface area contributed by atoms with Crippen LogP contribution in [0.1, 0.15) is 65.2 Å². The number of hydrogen-bond acceptors (Lipinski definition) is 4. The number of unbranched alkanes of at least 4 members (excludes halogenated alkanes) is 6. The van der Waals surface area contributed by atoms with Crippen molar-refractivity contribution in [1.82, 2.24) is 0 Å². The van der Waals surface area contributed by atoms with E-state index in [4.69, 9.17) is 0 Å². The van der Waals surface area contributed by atoms with Crippen molar-refractivity contribution in [2.24, 2.45) is 0 Å². The fourth-order valence-electron chi connectivity index (χ4n) is 1.30. The number of rotatable bonds is 6. The van der Waals surface area contributed by atoms with Crippen LogP contribution in [0.5, 0.6) is 0 Å². The predicted octanol–water partition coefficient (Wildman–Crippen LogP) is 3.49. The average Bonchev–Trinajstić information content (AvgIpc) is 2.54. The van der Waals surface area contributed by atoms with Crippen LogP contribution in [0.25, 0.3) is 0 Å². The number of carbonyl (C=O) groups excluding carboxylic acids is 2. The fraction of sp³-hybridized carbons (Fsp3) is 0.667. The first-order valence-corrected chi connectivity index (χ1v) is 7.75. The van der Waals surface area contributed by atoms with Crippen LogP contribution < -0.4 is 0 Å². The molecule has 22 heavy (non-hydrogen) atoms. The molecule has 0 aromatic heterocycles. The maximum Gasteiger partial charge on any atom is 0.384 e. The van der Waals surface area contributed by atoms with Crippen molar-refractivity contribution < 1.29 is 19.1 Å². The molecule has 0 aliphatic carbocycles. The van der Waals surface area contributed by atoms with Gasteiger partial charge in [-0.2, -0.15) is 0 Å². The van der Waals surface area contributed by atoms with E-state index in [1.807, 2.05) is 0 Å². The topological polar surface area (TPSA) is 52.6 Å². The second kappa shape index (κ2) is 19.1. The fourth-order valence-corrected chi connectivity index (χ4v) is 1.30. The Balaban J connectivity index is 0. The lowest BCUT2D eigenvalue weighted by atomic mass is 10.2. The van der Waals surface area contributed by atoms with Crippen LogP contribution in [-0.2, 0) is 19.1 Å². The molecule has 0 aromatic carbocycles. The van der Waals surface area contributed by atoms with E-state index < -0.39 is 11.9 Å². The molecule has 0 saturated carbocycles. The molecule has 0 unspecified atom stereocenters. The Bertz CT molecular complexity index is 364. The van der Waals surface area contributed by atoms with Crippen molar-refractivity contribution in [3.63, 3.8) is 0 Å². The van der Waals surface area contributed by atoms with E-state index >= 15 is 0 Å². The molecule has 0 fully saturated rings. The molecule has 0 bridgehead atoms. The molecule has 0 heterocycles. The Hall–Kier alpha value is -1.94. The minimum absolute atomic E-state index is 0.443. The first kappa shape index (κ1) is 22.3. The van der Waals surface area contributed by atoms with Crippen molar-refractivity contribution in [2.75, 3.05) is 14.2 Å². The second-order valence-electron chi connectivity index (χ2n) is 4.50. The molecule has 0 atom stereocenters. The minimum atomic E-state index is -0.443. The zero-order valence-electron chi connectivity index (χ0n) is 14.3. The lowest BCUT2D eigenvalue weighted by Gasteiger charge is -1.88. The SMILES string of the molecule is CCCCCC#CC(=O)OC.CCCCCC#CC(=O)OC. The smallest absolute Gasteiger partial charge is 0.384 e. The van der Waals surface area contributed by atoms with Gasteiger partial charge in [0.1, 0.15) is 0 Å². The zero-order valence-corrected chi connectivity index (χ0v) is 14.3. The average molecular weight is 308 g/mol. The zero-order chi connectivity index (χ0) is 17.1. The van der Waals surface area contributed by atoms with E-state index in [-0.39, 0.29) is 0 Å². The Kier molecular flexibility index (Phi) is 19.4. The summed E-state index contributed by atoms with van der Waals surface area (Å²) in [6.45, 7) is 4.27. The van der Waals surface area contributed by atoms with Crippen LogP contribution in [0.2, 0.25) is 0 Å². The van der Waals surface area contributed by atoms with Gasteiger partial charge >= 0.3 is 11.9 Å². The third kappa shape index (κ3) is 20.4. The van der Waals surface area contributed by atoms with E-state index in [1.54, 1.807) is 0 Å². The Morgan fingerprint density at radius 2 is 1.09 bits per heavy atom. The van der Waals surface area contributed by atoms with E-state index in [9.17, 15) is 9.59 Å². The molecule has 0 aromatic rings. The van der Waals surface area contributed by atoms with Crippen LogP contribution in [0.4, 0.5) is 0 Å². The molecule has 124 valence electrons. The summed E-state index contributed by atoms with van der Waals surface area (Å²) in [6, 6.07) is 0. The lowest BCUT2D eigenvalue weighted by Crippen LogP contribution is -1.93. The standard InChI is InChI=1S/2C9H14O2/c2*1-3-4-5-6-7-8-9(10)11-2/h2*3-6H2,1-2H3. The second-order valence-corrected chi connectivity index (χ2v) is 4.50. The van der Waals surface area contributed by atoms with Gasteiger partial charge in [0.15, 0.2) is 0 Å². The van der Waals surface area contributed by atoms with Crippen molar-refractivity contribution in [3.05, 3.63) is 0 Å². The summed E-state index contributed by atoms with van der Waals surface area (Å²) >= 11 is 0. The summed E-state index contributed by atoms with van der Waals surface area (Å²) < 4.78 is 8.69. The van der Waals surface area contributed by atoms with Gasteiger partial charge in [-0.3, -0.25) is 0 Å². The molecule has 0 amide bonds. The third-order valence-electron chi connectivity index (χ3n) is 2.56. The number of ether oxygens (including phenoxy) is 2. The van der Waals surface area contributed by atoms with Gasteiger partial charge in [-0.1, -0.05) is 51.4 Å². The first-order chi connectivity index (χ1) is 10.6. The summed E-state index contributed by atoms with van der Waals surface area (Å²) in [5.41, 5.74) is 0. The first-order valence-electron chi connectivity index (χ1n) is 7.75. The molecule has 0 N–H and O–H groups in total. The molecule has 0 rings (SSSR count). The molecular formula is C18H28O4. The van der Waals surface area contributed by atoms with Crippen molar-refractivity contribution in [2.45, 2.75) is 65.2 Å². The molecule has 4 heteroatoms. The summed E-state index contributed by atoms with van der Waals surface area (Å²) in [7, 11) is 2.67. The van der Waals surface area contributed by atoms with Gasteiger partial charge < -0.3 is 9.47 Å². The highest BCUT2D eigenvalue weighted by Crippen LogP contribution is 1.97. The number of esters is 2. The third-order valence-corrected chi connectivity index (χ3v) is 2.56. The Labute approximate surface area is 134 Å². The van der Waals surface area contributed by atoms with Gasteiger partial charge in [-0.25, -0.2) is 9.59 Å². The van der Waals surface area contributed by atoms with Gasteiger partial charge in [0.05, 0.1) is 14.2 Å². The van der Waals surface area contributed by atoms with Crippen LogP contribution in [0.15, 0.2) is 0 Å². The minimum Gasteiger partial charge on any atom is -0.459 e. The lowest BCUT2D eigenvalue weighted by molar-refractivity contribution is -0.134. The molecule has 0 aliphatic rings. The molecule has 0 spiro atoms. The molecule has 4 nitrogen and oxygen atoms in total. The highest BCUT2D eigenvalue weighted by molar-refractivity contribution is 5.88. The van der Waals surface area contributed by atoms with Gasteiger partial charge in [0.2, 0.25) is 0 Å². The molecule has 0 saturated heterocycles. The normalized spacial score (nSPS) is 8.18. The molecular weight excluding hydrogens is 280 g/mol. The van der Waals surface area contributed by atoms with Gasteiger partial charge in [0.25, 0.3) is 0 Å². The highest BCUT2D eigenvalue weighted by atomic mass is 16.5. The molecule has 0 radical (unpaired) electrons. The van der Waals surface area contributed by atoms with Crippen LogP contribution in [0.3, 0.4) is 0 Å². The summed E-state index contributed by atoms with van der Waals surface area (Å²) in [6.07, 6.45) is 8.44. The van der Waals surface area contributed by atoms with Gasteiger partial charge in [-0.05, 0) is 12.8 Å². The largest absolute Gasteiger partial charge is 0.459 e. The highest BCUT2D eigenvalue weighted by Gasteiger charge is 1.88. The molecule has 0 aliphatic heterocycles. The summed E-state index contributed by atoms with van der Waals surface area (Å²) in [5, 5.41) is 0. The van der Waals surface area contributed by atoms with Crippen LogP contribution in [-0.4, -0.2) is 26.2 Å². The maximum absolute atomic E-state index is 10.4. The van der Waals surface area contributed by atoms with Crippen molar-refractivity contribution in [1.29, 1.82) is 0 Å². The summed E-state index contributed by atoms with van der Waals surface area (Å²) in [5.74, 6) is 9.37. The van der Waals surface area contributed by atoms with E-state index in [2.05, 4.69) is 47.0 Å². The van der Waals surface area contributed by atoms with Gasteiger partial charge in [-0.15, -0.1) is 0 Å². The van der Waals surface area contributed by atoms with Crippen LogP contribution >= 0.6 is 0 Å². The quantitative estimate of drug-likeness (QED) is 0.326. The van der Waals surface area contributed by atoms with Crippen molar-refractivity contribution in [3.8, 4) is 23.7 Å². The maximum atomic E-state index is 10.4. The van der Waals surface area contributed by atoms with Crippen molar-refractivity contribution >= 4 is 11.9 Å². The van der Waals surface area contributed by atoms with Gasteiger partial charge in [0, 0.05) is 24.7 Å². The van der Waals surface area contributed by atoms with E-state index in [0.29, 0.717) is 0 Å². The number of hydrogen-bond donors (Lipinski definition) is 0. The summed E-state index contributed by atoms with van der Waals surface area (Å²) in [4.78, 5) is 20.9. The monoisotopic (exact) mass is 308 g/mol. The number of methoxy groups -OCH3 is 2. The van der Waals surface area contributed by atoms with E-state index in [1.165, 1.54) is 39.9 Å². The Morgan fingerprint density at radius 3 is 1.36 bits per heavy atom. The van der Waals surface area contributed by atoms with Crippen LogP contribution in [0, 0.1) is 23.7 Å². The van der Waals surface area contributed by atoms with E-state index in [0.717, 1.165) is 25.7 Å². The predicted molar refractivity (Wildman–Crippen MR) is 87.9 cm³/mol. The Morgan fingerprint density at radius 1 is 0.727 bits per heavy atom.